The Morgan fingerprint density at radius 1 is 1.52 bits per heavy atom. The molecule has 0 aromatic heterocycles. The fourth-order valence-corrected chi connectivity index (χ4v) is 2.37. The fourth-order valence-electron chi connectivity index (χ4n) is 2.19. The summed E-state index contributed by atoms with van der Waals surface area (Å²) in [7, 11) is 0. The molecule has 0 saturated carbocycles. The molecular weight excluding hydrogens is 295 g/mol. The van der Waals surface area contributed by atoms with Crippen LogP contribution in [0, 0.1) is 11.2 Å². The Balaban J connectivity index is 2.42. The van der Waals surface area contributed by atoms with Crippen LogP contribution in [0.15, 0.2) is 29.5 Å². The molecule has 1 heterocycles. The first-order valence-corrected chi connectivity index (χ1v) is 6.82. The SMILES string of the molecule is CC1CNC/C(=C(/C(=N)c2ccc(F)c(Cl)c2)C(N)=O)N1. The van der Waals surface area contributed by atoms with Crippen LogP contribution in [0.4, 0.5) is 4.39 Å². The lowest BCUT2D eigenvalue weighted by molar-refractivity contribution is -0.114. The highest BCUT2D eigenvalue weighted by atomic mass is 35.5. The Morgan fingerprint density at radius 3 is 2.81 bits per heavy atom. The minimum Gasteiger partial charge on any atom is -0.383 e. The van der Waals surface area contributed by atoms with Gasteiger partial charge in [0.15, 0.2) is 0 Å². The maximum atomic E-state index is 13.2. The molecule has 112 valence electrons. The molecule has 0 spiro atoms. The van der Waals surface area contributed by atoms with Crippen LogP contribution in [0.2, 0.25) is 5.02 Å². The lowest BCUT2D eigenvalue weighted by Gasteiger charge is -2.27. The summed E-state index contributed by atoms with van der Waals surface area (Å²) in [5.74, 6) is -1.29. The number of benzene rings is 1. The van der Waals surface area contributed by atoms with E-state index in [1.165, 1.54) is 12.1 Å². The number of nitrogens with one attached hydrogen (secondary N) is 3. The molecule has 1 fully saturated rings. The number of carbonyl (C=O) groups is 1. The number of carbonyl (C=O) groups excluding carboxylic acids is 1. The summed E-state index contributed by atoms with van der Waals surface area (Å²) in [6.07, 6.45) is 0. The van der Waals surface area contributed by atoms with Crippen LogP contribution in [-0.4, -0.2) is 30.8 Å². The van der Waals surface area contributed by atoms with E-state index in [4.69, 9.17) is 22.7 Å². The van der Waals surface area contributed by atoms with E-state index in [1.54, 1.807) is 0 Å². The lowest BCUT2D eigenvalue weighted by atomic mass is 9.98. The van der Waals surface area contributed by atoms with Gasteiger partial charge in [0.1, 0.15) is 5.82 Å². The smallest absolute Gasteiger partial charge is 0.252 e. The van der Waals surface area contributed by atoms with Gasteiger partial charge in [0.25, 0.3) is 5.91 Å². The maximum absolute atomic E-state index is 13.2. The second kappa shape index (κ2) is 6.24. The molecule has 1 saturated heterocycles. The first kappa shape index (κ1) is 15.5. The molecule has 7 heteroatoms. The van der Waals surface area contributed by atoms with Crippen molar-refractivity contribution < 1.29 is 9.18 Å². The molecule has 1 aromatic carbocycles. The molecule has 0 radical (unpaired) electrons. The number of hydrogen-bond donors (Lipinski definition) is 4. The Bertz CT molecular complexity index is 629. The van der Waals surface area contributed by atoms with Crippen molar-refractivity contribution in [2.24, 2.45) is 5.73 Å². The topological polar surface area (TPSA) is 91.0 Å². The van der Waals surface area contributed by atoms with Crippen LogP contribution >= 0.6 is 11.6 Å². The van der Waals surface area contributed by atoms with Crippen LogP contribution in [-0.2, 0) is 4.79 Å². The molecule has 5 N–H and O–H groups in total. The fraction of sp³-hybridized carbons (Fsp3) is 0.286. The third-order valence-electron chi connectivity index (χ3n) is 3.18. The number of nitrogens with two attached hydrogens (primary N) is 1. The van der Waals surface area contributed by atoms with Gasteiger partial charge < -0.3 is 16.4 Å². The van der Waals surface area contributed by atoms with Gasteiger partial charge in [-0.1, -0.05) is 11.6 Å². The van der Waals surface area contributed by atoms with Gasteiger partial charge in [-0.05, 0) is 25.1 Å². The van der Waals surface area contributed by atoms with Crippen LogP contribution in [0.25, 0.3) is 0 Å². The van der Waals surface area contributed by atoms with Crippen LogP contribution < -0.4 is 16.4 Å². The molecule has 0 bridgehead atoms. The highest BCUT2D eigenvalue weighted by molar-refractivity contribution is 6.32. The summed E-state index contributed by atoms with van der Waals surface area (Å²) in [6, 6.07) is 3.98. The monoisotopic (exact) mass is 310 g/mol. The van der Waals surface area contributed by atoms with E-state index >= 15 is 0 Å². The van der Waals surface area contributed by atoms with Gasteiger partial charge in [-0.3, -0.25) is 10.2 Å². The lowest BCUT2D eigenvalue weighted by Crippen LogP contribution is -2.47. The predicted octanol–water partition coefficient (Wildman–Crippen LogP) is 1.17. The van der Waals surface area contributed by atoms with Crippen molar-refractivity contribution in [1.82, 2.24) is 10.6 Å². The summed E-state index contributed by atoms with van der Waals surface area (Å²) >= 11 is 5.72. The van der Waals surface area contributed by atoms with E-state index in [0.29, 0.717) is 17.8 Å². The molecule has 21 heavy (non-hydrogen) atoms. The summed E-state index contributed by atoms with van der Waals surface area (Å²) in [5.41, 5.74) is 6.30. The van der Waals surface area contributed by atoms with Crippen molar-refractivity contribution in [2.45, 2.75) is 13.0 Å². The second-order valence-electron chi connectivity index (χ2n) is 4.90. The van der Waals surface area contributed by atoms with E-state index < -0.39 is 11.7 Å². The maximum Gasteiger partial charge on any atom is 0.252 e. The third-order valence-corrected chi connectivity index (χ3v) is 3.47. The van der Waals surface area contributed by atoms with Crippen LogP contribution in [0.5, 0.6) is 0 Å². The van der Waals surface area contributed by atoms with Crippen LogP contribution in [0.3, 0.4) is 0 Å². The van der Waals surface area contributed by atoms with Crippen molar-refractivity contribution in [3.63, 3.8) is 0 Å². The van der Waals surface area contributed by atoms with Crippen molar-refractivity contribution >= 4 is 23.2 Å². The summed E-state index contributed by atoms with van der Waals surface area (Å²) in [4.78, 5) is 11.7. The van der Waals surface area contributed by atoms with Gasteiger partial charge in [-0.15, -0.1) is 0 Å². The number of amides is 1. The van der Waals surface area contributed by atoms with Crippen molar-refractivity contribution in [3.8, 4) is 0 Å². The molecule has 1 aliphatic heterocycles. The van der Waals surface area contributed by atoms with E-state index in [2.05, 4.69) is 10.6 Å². The van der Waals surface area contributed by atoms with Gasteiger partial charge in [0.05, 0.1) is 16.3 Å². The average molecular weight is 311 g/mol. The number of hydrogen-bond acceptors (Lipinski definition) is 4. The molecule has 0 aliphatic carbocycles. The highest BCUT2D eigenvalue weighted by Crippen LogP contribution is 2.19. The third kappa shape index (κ3) is 3.40. The molecule has 1 aliphatic rings. The van der Waals surface area contributed by atoms with Gasteiger partial charge >= 0.3 is 0 Å². The van der Waals surface area contributed by atoms with Crippen molar-refractivity contribution in [2.75, 3.05) is 13.1 Å². The molecule has 1 amide bonds. The Hall–Kier alpha value is -1.92. The van der Waals surface area contributed by atoms with Crippen molar-refractivity contribution in [1.29, 1.82) is 5.41 Å². The van der Waals surface area contributed by atoms with Gasteiger partial charge in [-0.25, -0.2) is 4.39 Å². The number of primary amides is 1. The van der Waals surface area contributed by atoms with Crippen LogP contribution in [0.1, 0.15) is 12.5 Å². The Labute approximate surface area is 126 Å². The van der Waals surface area contributed by atoms with E-state index in [-0.39, 0.29) is 22.3 Å². The summed E-state index contributed by atoms with van der Waals surface area (Å²) < 4.78 is 13.2. The quantitative estimate of drug-likeness (QED) is 0.499. The van der Waals surface area contributed by atoms with E-state index in [0.717, 1.165) is 12.6 Å². The van der Waals surface area contributed by atoms with Gasteiger partial charge in [0.2, 0.25) is 0 Å². The molecule has 1 unspecified atom stereocenters. The second-order valence-corrected chi connectivity index (χ2v) is 5.31. The summed E-state index contributed by atoms with van der Waals surface area (Å²) in [6.45, 7) is 3.12. The molecule has 1 aromatic rings. The standard InChI is InChI=1S/C14H16ClFN4O/c1-7-5-19-6-11(20-7)12(14(18)21)13(17)8-2-3-10(16)9(15)4-8/h2-4,7,17,19-20H,5-6H2,1H3,(H2,18,21)/b12-11+,17-13?. The molecular formula is C14H16ClFN4O. The van der Waals surface area contributed by atoms with E-state index in [1.807, 2.05) is 6.92 Å². The molecule has 1 atom stereocenters. The number of piperazine rings is 1. The van der Waals surface area contributed by atoms with Gasteiger partial charge in [-0.2, -0.15) is 0 Å². The minimum absolute atomic E-state index is 0.0803. The zero-order valence-electron chi connectivity index (χ0n) is 11.5. The summed E-state index contributed by atoms with van der Waals surface area (Å²) in [5, 5.41) is 14.4. The van der Waals surface area contributed by atoms with E-state index in [9.17, 15) is 9.18 Å². The van der Waals surface area contributed by atoms with Crippen molar-refractivity contribution in [3.05, 3.63) is 45.9 Å². The first-order valence-electron chi connectivity index (χ1n) is 6.44. The zero-order chi connectivity index (χ0) is 15.6. The van der Waals surface area contributed by atoms with Gasteiger partial charge in [0, 0.05) is 30.4 Å². The largest absolute Gasteiger partial charge is 0.383 e. The number of rotatable bonds is 3. The average Bonchev–Trinajstić information content (AvgIpc) is 2.41. The Kier molecular flexibility index (Phi) is 4.59. The molecule has 2 rings (SSSR count). The number of halogens is 2. The normalized spacial score (nSPS) is 20.6. The predicted molar refractivity (Wildman–Crippen MR) is 79.9 cm³/mol. The minimum atomic E-state index is -0.709. The highest BCUT2D eigenvalue weighted by Gasteiger charge is 2.23. The molecule has 5 nitrogen and oxygen atoms in total. The zero-order valence-corrected chi connectivity index (χ0v) is 12.2. The first-order chi connectivity index (χ1) is 9.90. The Morgan fingerprint density at radius 2 is 2.24 bits per heavy atom.